The van der Waals surface area contributed by atoms with Gasteiger partial charge in [-0.3, -0.25) is 0 Å². The molecule has 0 N–H and O–H groups in total. The summed E-state index contributed by atoms with van der Waals surface area (Å²) in [7, 11) is 0. The second-order valence-electron chi connectivity index (χ2n) is 19.0. The van der Waals surface area contributed by atoms with Crippen LogP contribution in [0.15, 0.2) is 59.7 Å². The molecule has 368 valence electrons. The minimum Gasteiger partial charge on any atom is -0.0654 e. The molecule has 2 nitrogen and oxygen atoms in total. The molecule has 0 saturated heterocycles. The fourth-order valence-electron chi connectivity index (χ4n) is 8.87. The van der Waals surface area contributed by atoms with Gasteiger partial charge in [0.15, 0.2) is 0 Å². The summed E-state index contributed by atoms with van der Waals surface area (Å²) in [6.45, 7) is 13.6. The molecule has 0 amide bonds. The number of rotatable bonds is 42. The monoisotopic (exact) mass is 923 g/mol. The number of benzene rings is 2. The molecule has 0 atom stereocenters. The third kappa shape index (κ3) is 32.5. The third-order valence-electron chi connectivity index (χ3n) is 12.9. The van der Waals surface area contributed by atoms with Gasteiger partial charge in [-0.1, -0.05) is 141 Å². The molecule has 0 aliphatic heterocycles. The van der Waals surface area contributed by atoms with Crippen molar-refractivity contribution >= 4 is 11.4 Å². The quantitative estimate of drug-likeness (QED) is 0.0159. The summed E-state index contributed by atoms with van der Waals surface area (Å²) in [6, 6.07) is 18.2. The summed E-state index contributed by atoms with van der Waals surface area (Å²) in [5, 5.41) is 2.87. The standard InChI is InChI=1S/C33H46N2.2C14H29.Ni/c1-5-9-12-13-23-32(31(26-35-34)20-11-7-3)33(29-21-14-18-27(24-29)16-8-4)30-22-15-19-28(25-30)17-10-6-2;2*1-3-5-7-9-11-13-14-12-10-8-6-4-2;/h14-15,18-19,21-22,24-25H,5-13,16-17,20,23H2,1-4H3;2*1,3-14H2,2H3;. The zero-order valence-electron chi connectivity index (χ0n) is 43.4. The van der Waals surface area contributed by atoms with E-state index in [-0.39, 0.29) is 0 Å². The van der Waals surface area contributed by atoms with Crippen LogP contribution in [-0.4, -0.2) is 10.7 Å². The Morgan fingerprint density at radius 1 is 0.422 bits per heavy atom. The fraction of sp³-hybridized carbons (Fsp3) is 0.738. The summed E-state index contributed by atoms with van der Waals surface area (Å²) < 4.78 is 0. The van der Waals surface area contributed by atoms with E-state index in [2.05, 4.69) is 101 Å². The maximum atomic E-state index is 9.54. The molecule has 0 aliphatic carbocycles. The van der Waals surface area contributed by atoms with Gasteiger partial charge >= 0.3 is 172 Å². The number of hydrogen-bond acceptors (Lipinski definition) is 0. The van der Waals surface area contributed by atoms with E-state index in [1.54, 1.807) is 0 Å². The van der Waals surface area contributed by atoms with E-state index in [4.69, 9.17) is 0 Å². The molecule has 2 aromatic rings. The van der Waals surface area contributed by atoms with Gasteiger partial charge in [0.1, 0.15) is 0 Å². The minimum absolute atomic E-state index is 0.886. The maximum absolute atomic E-state index is 9.54. The summed E-state index contributed by atoms with van der Waals surface area (Å²) in [5.41, 5.74) is 18.5. The zero-order chi connectivity index (χ0) is 46.4. The number of aryl methyl sites for hydroxylation is 2. The molecule has 2 rings (SSSR count). The molecule has 0 bridgehead atoms. The van der Waals surface area contributed by atoms with Crippen LogP contribution in [0.3, 0.4) is 0 Å². The van der Waals surface area contributed by atoms with Crippen molar-refractivity contribution in [3.8, 4) is 0 Å². The van der Waals surface area contributed by atoms with Crippen molar-refractivity contribution in [2.75, 3.05) is 0 Å². The first-order valence-corrected chi connectivity index (χ1v) is 29.3. The molecule has 0 aliphatic rings. The molecule has 0 radical (unpaired) electrons. The molecule has 3 heteroatoms. The van der Waals surface area contributed by atoms with Gasteiger partial charge in [0.25, 0.3) is 0 Å². The summed E-state index contributed by atoms with van der Waals surface area (Å²) in [5.74, 6) is 3.01. The Balaban J connectivity index is 0.000000653. The molecule has 0 spiro atoms. The molecular weight excluding hydrogens is 819 g/mol. The van der Waals surface area contributed by atoms with Crippen LogP contribution in [0.4, 0.5) is 0 Å². The van der Waals surface area contributed by atoms with Gasteiger partial charge in [-0.15, -0.1) is 4.79 Å². The van der Waals surface area contributed by atoms with Gasteiger partial charge in [0, 0.05) is 0 Å². The van der Waals surface area contributed by atoms with E-state index in [0.717, 1.165) is 56.9 Å². The van der Waals surface area contributed by atoms with Crippen LogP contribution in [-0.2, 0) is 27.3 Å². The van der Waals surface area contributed by atoms with Crippen LogP contribution in [0.5, 0.6) is 0 Å². The van der Waals surface area contributed by atoms with Crippen molar-refractivity contribution in [1.29, 1.82) is 0 Å². The first kappa shape index (κ1) is 59.8. The van der Waals surface area contributed by atoms with Gasteiger partial charge in [-0.05, 0) is 78.3 Å². The number of allylic oxidation sites excluding steroid dienone is 2. The summed E-state index contributed by atoms with van der Waals surface area (Å²) in [6.07, 6.45) is 49.8. The predicted molar refractivity (Wildman–Crippen MR) is 284 cm³/mol. The molecule has 0 fully saturated rings. The van der Waals surface area contributed by atoms with Crippen LogP contribution in [0, 0.1) is 0 Å². The summed E-state index contributed by atoms with van der Waals surface area (Å²) >= 11 is 2.04. The first-order chi connectivity index (χ1) is 31.6. The van der Waals surface area contributed by atoms with Crippen molar-refractivity contribution in [2.45, 2.75) is 290 Å². The SMILES string of the molecule is CCCCCCC(C(=C=[N+]=[N-])CCCC)=C(c1cccc(CCC)c1)c1cccc(CCCC)c1.CCCCCCCCCCCCC[CH2][Ni][CH2]CCCCCCCCCCCCC. The van der Waals surface area contributed by atoms with E-state index in [9.17, 15) is 5.53 Å². The predicted octanol–water partition coefficient (Wildman–Crippen LogP) is 21.1. The van der Waals surface area contributed by atoms with E-state index >= 15 is 0 Å². The Hall–Kier alpha value is -2.17. The van der Waals surface area contributed by atoms with Crippen molar-refractivity contribution in [1.82, 2.24) is 0 Å². The number of hydrogen-bond donors (Lipinski definition) is 0. The average Bonchev–Trinajstić information content (AvgIpc) is 3.31. The van der Waals surface area contributed by atoms with E-state index in [0.29, 0.717) is 0 Å². The topological polar surface area (TPSA) is 36.4 Å². The molecular formula is C61H104N2Ni. The Morgan fingerprint density at radius 3 is 1.22 bits per heavy atom. The summed E-state index contributed by atoms with van der Waals surface area (Å²) in [4.78, 5) is 3.41. The van der Waals surface area contributed by atoms with Crippen LogP contribution >= 0.6 is 0 Å². The fourth-order valence-corrected chi connectivity index (χ4v) is 10.1. The first-order valence-electron chi connectivity index (χ1n) is 27.9. The molecule has 0 unspecified atom stereocenters. The van der Waals surface area contributed by atoms with E-state index < -0.39 is 0 Å². The van der Waals surface area contributed by atoms with Crippen LogP contribution in [0.2, 0.25) is 10.8 Å². The van der Waals surface area contributed by atoms with Crippen molar-refractivity contribution in [3.05, 3.63) is 87.5 Å². The number of unbranched alkanes of at least 4 members (excludes halogenated alkanes) is 27. The van der Waals surface area contributed by atoms with Gasteiger partial charge < -0.3 is 5.53 Å². The molecule has 0 heterocycles. The Labute approximate surface area is 406 Å². The van der Waals surface area contributed by atoms with Crippen LogP contribution in [0.25, 0.3) is 11.1 Å². The smallest absolute Gasteiger partial charge is 0.0654 e. The second-order valence-corrected chi connectivity index (χ2v) is 20.4. The van der Waals surface area contributed by atoms with E-state index in [1.165, 1.54) is 230 Å². The molecule has 2 aromatic carbocycles. The Morgan fingerprint density at radius 2 is 0.812 bits per heavy atom. The van der Waals surface area contributed by atoms with Gasteiger partial charge in [0.05, 0.1) is 5.57 Å². The third-order valence-corrected chi connectivity index (χ3v) is 14.3. The van der Waals surface area contributed by atoms with Crippen molar-refractivity contribution in [3.63, 3.8) is 0 Å². The Kier molecular flexibility index (Phi) is 43.0. The van der Waals surface area contributed by atoms with Gasteiger partial charge in [-0.25, -0.2) is 0 Å². The van der Waals surface area contributed by atoms with Crippen LogP contribution in [0.1, 0.15) is 289 Å². The minimum atomic E-state index is 0.886. The molecule has 0 saturated carbocycles. The van der Waals surface area contributed by atoms with Gasteiger partial charge in [0.2, 0.25) is 0 Å². The Bertz CT molecular complexity index is 1430. The molecule has 0 aromatic heterocycles. The zero-order valence-corrected chi connectivity index (χ0v) is 44.4. The van der Waals surface area contributed by atoms with Crippen molar-refractivity contribution < 1.29 is 19.2 Å². The van der Waals surface area contributed by atoms with Crippen LogP contribution < -0.4 is 0 Å². The average molecular weight is 924 g/mol. The normalized spacial score (nSPS) is 11.5. The van der Waals surface area contributed by atoms with E-state index in [1.807, 2.05) is 14.4 Å². The number of nitrogens with zero attached hydrogens (tertiary/aromatic N) is 2. The van der Waals surface area contributed by atoms with Crippen molar-refractivity contribution in [2.24, 2.45) is 0 Å². The molecule has 64 heavy (non-hydrogen) atoms. The second kappa shape index (κ2) is 46.0. The van der Waals surface area contributed by atoms with Gasteiger partial charge in [-0.2, -0.15) is 0 Å².